The van der Waals surface area contributed by atoms with Crippen molar-refractivity contribution in [1.82, 2.24) is 0 Å². The van der Waals surface area contributed by atoms with Crippen LogP contribution >= 0.6 is 0 Å². The molecule has 0 unspecified atom stereocenters. The third-order valence-corrected chi connectivity index (χ3v) is 6.92. The Morgan fingerprint density at radius 1 is 0.542 bits per heavy atom. The zero-order chi connectivity index (χ0) is 17.1. The molecule has 0 saturated carbocycles. The van der Waals surface area contributed by atoms with E-state index in [1.807, 2.05) is 0 Å². The van der Waals surface area contributed by atoms with Crippen molar-refractivity contribution in [3.8, 4) is 0 Å². The first-order valence-corrected chi connectivity index (χ1v) is 11.1. The second-order valence-corrected chi connectivity index (χ2v) is 8.73. The molecule has 2 bridgehead atoms. The second kappa shape index (κ2) is 10.8. The highest BCUT2D eigenvalue weighted by Crippen LogP contribution is 2.27. The highest BCUT2D eigenvalue weighted by atomic mass is 16.3. The van der Waals surface area contributed by atoms with Crippen LogP contribution in [-0.4, -0.2) is 73.0 Å². The molecule has 3 saturated heterocycles. The summed E-state index contributed by atoms with van der Waals surface area (Å²) in [5.41, 5.74) is 0. The van der Waals surface area contributed by atoms with Gasteiger partial charge in [-0.15, -0.1) is 0 Å². The molecule has 3 aliphatic rings. The highest BCUT2D eigenvalue weighted by Gasteiger charge is 2.47. The van der Waals surface area contributed by atoms with Gasteiger partial charge < -0.3 is 14.1 Å². The number of aliphatic hydroxyl groups excluding tert-OH is 1. The van der Waals surface area contributed by atoms with Crippen LogP contribution in [0.4, 0.5) is 0 Å². The van der Waals surface area contributed by atoms with Crippen LogP contribution in [0.25, 0.3) is 0 Å². The number of aliphatic hydroxyl groups is 1. The second-order valence-electron chi connectivity index (χ2n) is 8.73. The summed E-state index contributed by atoms with van der Waals surface area (Å²) in [6.45, 7) is 13.7. The van der Waals surface area contributed by atoms with Crippen LogP contribution < -0.4 is 0 Å². The Labute approximate surface area is 151 Å². The van der Waals surface area contributed by atoms with Crippen LogP contribution in [0.3, 0.4) is 0 Å². The predicted molar refractivity (Wildman–Crippen MR) is 103 cm³/mol. The lowest BCUT2D eigenvalue weighted by molar-refractivity contribution is -1.08. The number of nitrogens with zero attached hydrogens (tertiary/aromatic N) is 2. The molecule has 3 nitrogen and oxygen atoms in total. The largest absolute Gasteiger partial charge is 0.396 e. The summed E-state index contributed by atoms with van der Waals surface area (Å²) in [6, 6.07) is 0. The fourth-order valence-corrected chi connectivity index (χ4v) is 4.96. The molecule has 24 heavy (non-hydrogen) atoms. The lowest BCUT2D eigenvalue weighted by Crippen LogP contribution is -2.75. The van der Waals surface area contributed by atoms with Gasteiger partial charge in [-0.25, -0.2) is 0 Å². The molecule has 0 amide bonds. The van der Waals surface area contributed by atoms with E-state index in [9.17, 15) is 0 Å². The predicted octanol–water partition coefficient (Wildman–Crippen LogP) is 3.95. The number of piperazine rings is 3. The minimum absolute atomic E-state index is 0.374. The Bertz CT molecular complexity index is 307. The average molecular weight is 341 g/mol. The van der Waals surface area contributed by atoms with Crippen LogP contribution in [0.1, 0.15) is 77.6 Å². The van der Waals surface area contributed by atoms with Gasteiger partial charge in [0.2, 0.25) is 0 Å². The van der Waals surface area contributed by atoms with Crippen molar-refractivity contribution in [2.45, 2.75) is 77.6 Å². The van der Waals surface area contributed by atoms with E-state index in [4.69, 9.17) is 5.11 Å². The maximum atomic E-state index is 9.12. The highest BCUT2D eigenvalue weighted by molar-refractivity contribution is 4.62. The monoisotopic (exact) mass is 340 g/mol. The first-order valence-electron chi connectivity index (χ1n) is 11.1. The van der Waals surface area contributed by atoms with Gasteiger partial charge in [0, 0.05) is 13.0 Å². The van der Waals surface area contributed by atoms with Gasteiger partial charge in [0.05, 0.1) is 13.1 Å². The van der Waals surface area contributed by atoms with Crippen molar-refractivity contribution in [3.05, 3.63) is 0 Å². The van der Waals surface area contributed by atoms with E-state index < -0.39 is 0 Å². The fraction of sp³-hybridized carbons (Fsp3) is 1.00. The molecule has 0 aliphatic carbocycles. The first-order chi connectivity index (χ1) is 11.7. The fourth-order valence-electron chi connectivity index (χ4n) is 4.96. The van der Waals surface area contributed by atoms with Crippen LogP contribution in [0.5, 0.6) is 0 Å². The van der Waals surface area contributed by atoms with Gasteiger partial charge in [-0.3, -0.25) is 0 Å². The summed E-state index contributed by atoms with van der Waals surface area (Å²) in [5, 5.41) is 9.12. The quantitative estimate of drug-likeness (QED) is 0.375. The van der Waals surface area contributed by atoms with Crippen LogP contribution in [0, 0.1) is 0 Å². The Hall–Kier alpha value is -0.120. The number of hydrogen-bond donors (Lipinski definition) is 1. The van der Waals surface area contributed by atoms with Crippen molar-refractivity contribution < 1.29 is 14.1 Å². The molecule has 0 aromatic rings. The van der Waals surface area contributed by atoms with Crippen molar-refractivity contribution >= 4 is 0 Å². The van der Waals surface area contributed by atoms with Crippen molar-refractivity contribution in [2.24, 2.45) is 0 Å². The van der Waals surface area contributed by atoms with E-state index in [1.165, 1.54) is 126 Å². The molecular formula is C21H44N2O+2. The Kier molecular flexibility index (Phi) is 9.07. The lowest BCUT2D eigenvalue weighted by atomic mass is 10.0. The summed E-state index contributed by atoms with van der Waals surface area (Å²) in [7, 11) is 0. The maximum Gasteiger partial charge on any atom is 0.129 e. The van der Waals surface area contributed by atoms with E-state index in [0.717, 1.165) is 6.42 Å². The SMILES string of the molecule is CCCCCCCCCCCC[N+]12CC[N+](CCCO)(CC1)CC2. The minimum Gasteiger partial charge on any atom is -0.396 e. The summed E-state index contributed by atoms with van der Waals surface area (Å²) in [5.74, 6) is 0. The van der Waals surface area contributed by atoms with E-state index in [2.05, 4.69) is 6.92 Å². The number of unbranched alkanes of at least 4 members (excludes halogenated alkanes) is 9. The van der Waals surface area contributed by atoms with E-state index >= 15 is 0 Å². The van der Waals surface area contributed by atoms with Gasteiger partial charge in [0.1, 0.15) is 39.3 Å². The van der Waals surface area contributed by atoms with Gasteiger partial charge in [0.15, 0.2) is 0 Å². The molecule has 0 spiro atoms. The van der Waals surface area contributed by atoms with Gasteiger partial charge in [-0.2, -0.15) is 0 Å². The number of fused-ring (bicyclic) bond motifs is 3. The minimum atomic E-state index is 0.374. The molecule has 3 fully saturated rings. The zero-order valence-corrected chi connectivity index (χ0v) is 16.5. The number of rotatable bonds is 14. The third-order valence-electron chi connectivity index (χ3n) is 6.92. The summed E-state index contributed by atoms with van der Waals surface area (Å²) >= 11 is 0. The summed E-state index contributed by atoms with van der Waals surface area (Å²) < 4.78 is 2.74. The summed E-state index contributed by atoms with van der Waals surface area (Å²) in [4.78, 5) is 0. The molecule has 0 aromatic carbocycles. The van der Waals surface area contributed by atoms with Gasteiger partial charge in [0.25, 0.3) is 0 Å². The molecule has 3 heteroatoms. The smallest absolute Gasteiger partial charge is 0.129 e. The number of quaternary nitrogens is 2. The molecule has 3 heterocycles. The van der Waals surface area contributed by atoms with Crippen LogP contribution in [0.2, 0.25) is 0 Å². The lowest BCUT2D eigenvalue weighted by Gasteiger charge is -2.55. The van der Waals surface area contributed by atoms with Crippen LogP contribution in [0.15, 0.2) is 0 Å². The topological polar surface area (TPSA) is 20.2 Å². The van der Waals surface area contributed by atoms with Crippen molar-refractivity contribution in [3.63, 3.8) is 0 Å². The molecule has 0 radical (unpaired) electrons. The standard InChI is InChI=1S/C21H44N2O/c1-2-3-4-5-6-7-8-9-10-11-13-22-15-18-23(19-16-22,20-17-22)14-12-21-24/h24H,2-21H2,1H3/q+2. The van der Waals surface area contributed by atoms with Gasteiger partial charge >= 0.3 is 0 Å². The van der Waals surface area contributed by atoms with Crippen molar-refractivity contribution in [2.75, 3.05) is 59.0 Å². The van der Waals surface area contributed by atoms with E-state index in [1.54, 1.807) is 0 Å². The normalized spacial score (nSPS) is 29.2. The molecule has 0 aromatic heterocycles. The Morgan fingerprint density at radius 2 is 0.917 bits per heavy atom. The van der Waals surface area contributed by atoms with Crippen molar-refractivity contribution in [1.29, 1.82) is 0 Å². The average Bonchev–Trinajstić information content (AvgIpc) is 2.63. The Balaban J connectivity index is 1.49. The molecule has 0 atom stereocenters. The maximum absolute atomic E-state index is 9.12. The molecular weight excluding hydrogens is 296 g/mol. The van der Waals surface area contributed by atoms with E-state index in [-0.39, 0.29) is 0 Å². The molecule has 3 aliphatic heterocycles. The molecule has 3 rings (SSSR count). The zero-order valence-electron chi connectivity index (χ0n) is 16.5. The Morgan fingerprint density at radius 3 is 1.33 bits per heavy atom. The number of hydrogen-bond acceptors (Lipinski definition) is 1. The summed E-state index contributed by atoms with van der Waals surface area (Å²) in [6.07, 6.45) is 15.5. The third kappa shape index (κ3) is 6.31. The van der Waals surface area contributed by atoms with E-state index in [0.29, 0.717) is 6.61 Å². The van der Waals surface area contributed by atoms with Gasteiger partial charge in [-0.05, 0) is 12.8 Å². The van der Waals surface area contributed by atoms with Crippen LogP contribution in [-0.2, 0) is 0 Å². The van der Waals surface area contributed by atoms with Gasteiger partial charge in [-0.1, -0.05) is 58.3 Å². The molecule has 142 valence electrons. The molecule has 1 N–H and O–H groups in total. The first kappa shape index (κ1) is 20.2.